The number of fused-ring (bicyclic) bond motifs is 2. The molecule has 0 aromatic heterocycles. The molecule has 0 spiro atoms. The average molecular weight is 457 g/mol. The number of hydrogen-bond donors (Lipinski definition) is 2. The third kappa shape index (κ3) is 3.93. The second-order valence-corrected chi connectivity index (χ2v) is 7.92. The normalized spacial score (nSPS) is 11.2. The maximum absolute atomic E-state index is 11.2. The van der Waals surface area contributed by atoms with Gasteiger partial charge in [0, 0.05) is 32.7 Å². The number of phenols is 2. The molecule has 0 atom stereocenters. The van der Waals surface area contributed by atoms with Crippen molar-refractivity contribution in [3.63, 3.8) is 0 Å². The van der Waals surface area contributed by atoms with Crippen molar-refractivity contribution in [2.24, 2.45) is 0 Å². The molecule has 0 aliphatic carbocycles. The Labute approximate surface area is 190 Å². The van der Waals surface area contributed by atoms with Gasteiger partial charge in [-0.25, -0.2) is 0 Å². The molecular formula is C25H22Cl2O4. The number of benzene rings is 4. The van der Waals surface area contributed by atoms with Gasteiger partial charge in [-0.3, -0.25) is 0 Å². The van der Waals surface area contributed by atoms with Crippen molar-refractivity contribution in [1.82, 2.24) is 0 Å². The van der Waals surface area contributed by atoms with Crippen molar-refractivity contribution < 1.29 is 19.7 Å². The van der Waals surface area contributed by atoms with Crippen LogP contribution >= 0.6 is 23.2 Å². The van der Waals surface area contributed by atoms with Crippen molar-refractivity contribution >= 4 is 44.7 Å². The Morgan fingerprint density at radius 3 is 1.90 bits per heavy atom. The van der Waals surface area contributed by atoms with E-state index in [1.165, 1.54) is 0 Å². The van der Waals surface area contributed by atoms with Crippen LogP contribution < -0.4 is 9.47 Å². The first kappa shape index (κ1) is 21.4. The molecular weight excluding hydrogens is 435 g/mol. The van der Waals surface area contributed by atoms with Gasteiger partial charge in [-0.1, -0.05) is 42.5 Å². The quantitative estimate of drug-likeness (QED) is 0.307. The lowest BCUT2D eigenvalue weighted by Crippen LogP contribution is -2.01. The molecule has 4 aromatic rings. The fourth-order valence-electron chi connectivity index (χ4n) is 3.87. The van der Waals surface area contributed by atoms with Crippen molar-refractivity contribution in [1.29, 1.82) is 0 Å². The van der Waals surface area contributed by atoms with Crippen LogP contribution in [0.15, 0.2) is 54.6 Å². The Morgan fingerprint density at radius 2 is 1.26 bits per heavy atom. The molecule has 0 aliphatic rings. The van der Waals surface area contributed by atoms with Gasteiger partial charge < -0.3 is 19.7 Å². The van der Waals surface area contributed by atoms with Gasteiger partial charge in [0.05, 0.1) is 11.8 Å². The number of halogens is 2. The van der Waals surface area contributed by atoms with E-state index in [-0.39, 0.29) is 11.5 Å². The molecule has 0 bridgehead atoms. The van der Waals surface area contributed by atoms with Gasteiger partial charge in [-0.15, -0.1) is 23.2 Å². The zero-order valence-corrected chi connectivity index (χ0v) is 18.5. The van der Waals surface area contributed by atoms with Gasteiger partial charge in [-0.2, -0.15) is 0 Å². The second-order valence-electron chi connectivity index (χ2n) is 7.16. The van der Waals surface area contributed by atoms with E-state index >= 15 is 0 Å². The molecule has 0 heterocycles. The van der Waals surface area contributed by atoms with Crippen molar-refractivity contribution in [3.8, 4) is 34.1 Å². The second kappa shape index (κ2) is 9.13. The molecule has 0 fully saturated rings. The molecule has 31 heavy (non-hydrogen) atoms. The van der Waals surface area contributed by atoms with Gasteiger partial charge in [0.15, 0.2) is 0 Å². The summed E-state index contributed by atoms with van der Waals surface area (Å²) in [5, 5.41) is 25.2. The Bertz CT molecular complexity index is 1250. The van der Waals surface area contributed by atoms with E-state index in [1.807, 2.05) is 49.4 Å². The van der Waals surface area contributed by atoms with E-state index in [4.69, 9.17) is 32.7 Å². The summed E-state index contributed by atoms with van der Waals surface area (Å²) in [7, 11) is 0. The van der Waals surface area contributed by atoms with Crippen molar-refractivity contribution in [3.05, 3.63) is 60.2 Å². The third-order valence-electron chi connectivity index (χ3n) is 5.24. The van der Waals surface area contributed by atoms with Gasteiger partial charge in [-0.05, 0) is 24.6 Å². The highest BCUT2D eigenvalue weighted by Crippen LogP contribution is 2.48. The fraction of sp³-hybridized carbons (Fsp3) is 0.200. The van der Waals surface area contributed by atoms with E-state index in [0.29, 0.717) is 58.4 Å². The number of rotatable bonds is 7. The number of ether oxygens (including phenoxy) is 2. The minimum absolute atomic E-state index is 0.0559. The highest BCUT2D eigenvalue weighted by Gasteiger charge is 2.21. The molecule has 0 saturated heterocycles. The molecule has 0 saturated carbocycles. The van der Waals surface area contributed by atoms with Crippen molar-refractivity contribution in [2.75, 3.05) is 25.0 Å². The molecule has 0 unspecified atom stereocenters. The Hall–Kier alpha value is -2.82. The van der Waals surface area contributed by atoms with Crippen LogP contribution in [0, 0.1) is 6.92 Å². The lowest BCUT2D eigenvalue weighted by atomic mass is 9.93. The van der Waals surface area contributed by atoms with Crippen LogP contribution in [0.3, 0.4) is 0 Å². The SMILES string of the molecule is Cc1cccc2c(OCCCl)cc(-c3cc(OCCCl)c4ccccc4c3O)c(O)c12. The maximum atomic E-state index is 11.2. The molecule has 6 heteroatoms. The van der Waals surface area contributed by atoms with Crippen LogP contribution in [0.5, 0.6) is 23.0 Å². The highest BCUT2D eigenvalue weighted by atomic mass is 35.5. The standard InChI is InChI=1S/C25H22Cl2O4/c1-15-5-4-8-18-22(31-12-10-27)14-20(25(29)23(15)18)19-13-21(30-11-9-26)16-6-2-3-7-17(16)24(19)28/h2-8,13-14,28-29H,9-12H2,1H3. The summed E-state index contributed by atoms with van der Waals surface area (Å²) < 4.78 is 11.7. The summed E-state index contributed by atoms with van der Waals surface area (Å²) >= 11 is 11.7. The van der Waals surface area contributed by atoms with E-state index in [9.17, 15) is 10.2 Å². The highest BCUT2D eigenvalue weighted by molar-refractivity contribution is 6.18. The van der Waals surface area contributed by atoms with Gasteiger partial charge >= 0.3 is 0 Å². The van der Waals surface area contributed by atoms with Crippen molar-refractivity contribution in [2.45, 2.75) is 6.92 Å². The first-order valence-electron chi connectivity index (χ1n) is 9.94. The Morgan fingerprint density at radius 1 is 0.710 bits per heavy atom. The molecule has 4 nitrogen and oxygen atoms in total. The third-order valence-corrected chi connectivity index (χ3v) is 5.55. The van der Waals surface area contributed by atoms with E-state index in [0.717, 1.165) is 16.3 Å². The van der Waals surface area contributed by atoms with Gasteiger partial charge in [0.25, 0.3) is 0 Å². The lowest BCUT2D eigenvalue weighted by Gasteiger charge is -2.18. The summed E-state index contributed by atoms with van der Waals surface area (Å²) in [6.07, 6.45) is 0. The summed E-state index contributed by atoms with van der Waals surface area (Å²) in [5.74, 6) is 1.96. The predicted octanol–water partition coefficient (Wildman–Crippen LogP) is 6.61. The number of aryl methyl sites for hydroxylation is 1. The Kier molecular flexibility index (Phi) is 6.30. The minimum Gasteiger partial charge on any atom is -0.507 e. The van der Waals surface area contributed by atoms with E-state index in [2.05, 4.69) is 0 Å². The largest absolute Gasteiger partial charge is 0.507 e. The summed E-state index contributed by atoms with van der Waals surface area (Å²) in [6.45, 7) is 2.57. The van der Waals surface area contributed by atoms with E-state index in [1.54, 1.807) is 12.1 Å². The van der Waals surface area contributed by atoms with Crippen LogP contribution in [0.4, 0.5) is 0 Å². The number of hydrogen-bond acceptors (Lipinski definition) is 4. The molecule has 4 rings (SSSR count). The van der Waals surface area contributed by atoms with Crippen LogP contribution in [0.2, 0.25) is 0 Å². The molecule has 4 aromatic carbocycles. The predicted molar refractivity (Wildman–Crippen MR) is 127 cm³/mol. The minimum atomic E-state index is 0.0559. The number of phenolic OH excluding ortho intramolecular Hbond substituents is 2. The average Bonchev–Trinajstić information content (AvgIpc) is 2.79. The smallest absolute Gasteiger partial charge is 0.131 e. The molecule has 0 amide bonds. The molecule has 160 valence electrons. The van der Waals surface area contributed by atoms with Crippen LogP contribution in [-0.4, -0.2) is 35.2 Å². The summed E-state index contributed by atoms with van der Waals surface area (Å²) in [5.41, 5.74) is 1.79. The molecule has 0 radical (unpaired) electrons. The number of aromatic hydroxyl groups is 2. The van der Waals surface area contributed by atoms with Crippen LogP contribution in [0.1, 0.15) is 5.56 Å². The first-order valence-corrected chi connectivity index (χ1v) is 11.0. The van der Waals surface area contributed by atoms with Crippen LogP contribution in [-0.2, 0) is 0 Å². The van der Waals surface area contributed by atoms with E-state index < -0.39 is 0 Å². The fourth-order valence-corrected chi connectivity index (χ4v) is 4.03. The molecule has 0 aliphatic heterocycles. The molecule has 2 N–H and O–H groups in total. The lowest BCUT2D eigenvalue weighted by molar-refractivity contribution is 0.346. The first-order chi connectivity index (χ1) is 15.1. The summed E-state index contributed by atoms with van der Waals surface area (Å²) in [4.78, 5) is 0. The van der Waals surface area contributed by atoms with Gasteiger partial charge in [0.1, 0.15) is 36.2 Å². The van der Waals surface area contributed by atoms with Gasteiger partial charge in [0.2, 0.25) is 0 Å². The topological polar surface area (TPSA) is 58.9 Å². The monoisotopic (exact) mass is 456 g/mol. The summed E-state index contributed by atoms with van der Waals surface area (Å²) in [6, 6.07) is 16.6. The zero-order chi connectivity index (χ0) is 22.0. The maximum Gasteiger partial charge on any atom is 0.131 e. The van der Waals surface area contributed by atoms with Crippen LogP contribution in [0.25, 0.3) is 32.7 Å². The zero-order valence-electron chi connectivity index (χ0n) is 17.0. The number of alkyl halides is 2. The Balaban J connectivity index is 2.03.